The molecule has 1 aliphatic rings. The van der Waals surface area contributed by atoms with Crippen LogP contribution < -0.4 is 0 Å². The molecule has 0 aromatic heterocycles. The van der Waals surface area contributed by atoms with E-state index in [1.807, 2.05) is 24.6 Å². The Morgan fingerprint density at radius 3 is 2.90 bits per heavy atom. The highest BCUT2D eigenvalue weighted by Crippen LogP contribution is 2.22. The summed E-state index contributed by atoms with van der Waals surface area (Å²) in [7, 11) is 0. The molecule has 51 valence electrons. The largest absolute Gasteiger partial charge is 0.392 e. The molecule has 2 rings (SSSR count). The number of rotatable bonds is 0. The van der Waals surface area contributed by atoms with Crippen molar-refractivity contribution in [3.8, 4) is 0 Å². The topological polar surface area (TPSA) is 20.2 Å². The molecule has 10 heavy (non-hydrogen) atoms. The van der Waals surface area contributed by atoms with Crippen molar-refractivity contribution in [2.45, 2.75) is 12.5 Å². The second-order valence-corrected chi connectivity index (χ2v) is 2.64. The van der Waals surface area contributed by atoms with Gasteiger partial charge in [0.2, 0.25) is 0 Å². The molecule has 0 heterocycles. The Hall–Kier alpha value is -0.820. The van der Waals surface area contributed by atoms with Crippen molar-refractivity contribution in [1.29, 1.82) is 0 Å². The van der Waals surface area contributed by atoms with E-state index in [1.165, 1.54) is 11.1 Å². The van der Waals surface area contributed by atoms with Crippen molar-refractivity contribution in [3.05, 3.63) is 41.8 Å². The standard InChI is InChI=1S/C9H9O/c10-9-5-7-3-1-2-4-8(7)6-9/h1-5,9-10H,6H2. The van der Waals surface area contributed by atoms with E-state index in [0.29, 0.717) is 0 Å². The molecule has 1 aromatic carbocycles. The fourth-order valence-electron chi connectivity index (χ4n) is 1.37. The summed E-state index contributed by atoms with van der Waals surface area (Å²) >= 11 is 0. The molecule has 0 amide bonds. The van der Waals surface area contributed by atoms with Crippen LogP contribution in [0.5, 0.6) is 0 Å². The predicted molar refractivity (Wildman–Crippen MR) is 39.6 cm³/mol. The van der Waals surface area contributed by atoms with E-state index >= 15 is 0 Å². The highest BCUT2D eigenvalue weighted by molar-refractivity contribution is 5.39. The summed E-state index contributed by atoms with van der Waals surface area (Å²) in [5.74, 6) is 0. The van der Waals surface area contributed by atoms with Crippen LogP contribution in [0.3, 0.4) is 0 Å². The second kappa shape index (κ2) is 2.10. The number of hydrogen-bond acceptors (Lipinski definition) is 1. The average molecular weight is 133 g/mol. The number of aliphatic hydroxyl groups excluding tert-OH is 1. The number of benzene rings is 1. The molecule has 0 bridgehead atoms. The highest BCUT2D eigenvalue weighted by Gasteiger charge is 2.17. The Bertz CT molecular complexity index is 217. The first-order chi connectivity index (χ1) is 4.86. The van der Waals surface area contributed by atoms with Gasteiger partial charge in [-0.15, -0.1) is 0 Å². The third-order valence-electron chi connectivity index (χ3n) is 1.86. The summed E-state index contributed by atoms with van der Waals surface area (Å²) in [5, 5.41) is 9.20. The van der Waals surface area contributed by atoms with Gasteiger partial charge in [0.15, 0.2) is 0 Å². The first-order valence-corrected chi connectivity index (χ1v) is 3.47. The van der Waals surface area contributed by atoms with Gasteiger partial charge in [0.25, 0.3) is 0 Å². The SMILES string of the molecule is OC1[CH]c2ccccc2C1. The molecule has 0 saturated heterocycles. The van der Waals surface area contributed by atoms with Crippen LogP contribution in [0.25, 0.3) is 0 Å². The number of aliphatic hydroxyl groups is 1. The molecule has 1 nitrogen and oxygen atoms in total. The minimum atomic E-state index is -0.252. The summed E-state index contributed by atoms with van der Waals surface area (Å²) in [4.78, 5) is 0. The Balaban J connectivity index is 2.42. The van der Waals surface area contributed by atoms with Gasteiger partial charge >= 0.3 is 0 Å². The highest BCUT2D eigenvalue weighted by atomic mass is 16.3. The van der Waals surface area contributed by atoms with E-state index in [-0.39, 0.29) is 6.10 Å². The van der Waals surface area contributed by atoms with Crippen molar-refractivity contribution in [1.82, 2.24) is 0 Å². The van der Waals surface area contributed by atoms with Crippen molar-refractivity contribution in [3.63, 3.8) is 0 Å². The molecule has 1 N–H and O–H groups in total. The van der Waals surface area contributed by atoms with E-state index in [1.54, 1.807) is 0 Å². The van der Waals surface area contributed by atoms with E-state index in [9.17, 15) is 5.11 Å². The second-order valence-electron chi connectivity index (χ2n) is 2.64. The van der Waals surface area contributed by atoms with Crippen molar-refractivity contribution < 1.29 is 5.11 Å². The summed E-state index contributed by atoms with van der Waals surface area (Å²) in [6, 6.07) is 8.09. The molecular weight excluding hydrogens is 124 g/mol. The molecule has 0 fully saturated rings. The molecule has 0 saturated carbocycles. The van der Waals surface area contributed by atoms with Gasteiger partial charge < -0.3 is 5.11 Å². The lowest BCUT2D eigenvalue weighted by Crippen LogP contribution is -2.01. The van der Waals surface area contributed by atoms with Gasteiger partial charge in [-0.2, -0.15) is 0 Å². The fraction of sp³-hybridized carbons (Fsp3) is 0.222. The lowest BCUT2D eigenvalue weighted by molar-refractivity contribution is 0.219. The summed E-state index contributed by atoms with van der Waals surface area (Å²) in [5.41, 5.74) is 2.45. The van der Waals surface area contributed by atoms with Crippen molar-refractivity contribution in [2.75, 3.05) is 0 Å². The lowest BCUT2D eigenvalue weighted by Gasteiger charge is -1.92. The van der Waals surface area contributed by atoms with Crippen LogP contribution in [-0.2, 0) is 6.42 Å². The molecular formula is C9H9O. The lowest BCUT2D eigenvalue weighted by atomic mass is 10.1. The first-order valence-electron chi connectivity index (χ1n) is 3.47. The molecule has 1 heteroatoms. The average Bonchev–Trinajstić information content (AvgIpc) is 2.27. The smallest absolute Gasteiger partial charge is 0.0656 e. The molecule has 0 aliphatic heterocycles. The summed E-state index contributed by atoms with van der Waals surface area (Å²) < 4.78 is 0. The van der Waals surface area contributed by atoms with Crippen molar-refractivity contribution >= 4 is 0 Å². The van der Waals surface area contributed by atoms with Crippen LogP contribution >= 0.6 is 0 Å². The van der Waals surface area contributed by atoms with Gasteiger partial charge in [-0.25, -0.2) is 0 Å². The zero-order valence-corrected chi connectivity index (χ0v) is 5.62. The van der Waals surface area contributed by atoms with E-state index in [2.05, 4.69) is 6.07 Å². The summed E-state index contributed by atoms with van der Waals surface area (Å²) in [6.07, 6.45) is 2.43. The Morgan fingerprint density at radius 1 is 1.30 bits per heavy atom. The maximum absolute atomic E-state index is 9.20. The van der Waals surface area contributed by atoms with E-state index < -0.39 is 0 Å². The van der Waals surface area contributed by atoms with Crippen LogP contribution in [0.2, 0.25) is 0 Å². The van der Waals surface area contributed by atoms with Gasteiger partial charge in [0.05, 0.1) is 6.10 Å². The molecule has 1 unspecified atom stereocenters. The van der Waals surface area contributed by atoms with Crippen LogP contribution in [0.4, 0.5) is 0 Å². The Morgan fingerprint density at radius 2 is 2.10 bits per heavy atom. The van der Waals surface area contributed by atoms with Crippen LogP contribution in [0.1, 0.15) is 11.1 Å². The predicted octanol–water partition coefficient (Wildman–Crippen LogP) is 1.16. The minimum Gasteiger partial charge on any atom is -0.392 e. The van der Waals surface area contributed by atoms with E-state index in [0.717, 1.165) is 6.42 Å². The molecule has 1 radical (unpaired) electrons. The molecule has 1 aliphatic carbocycles. The fourth-order valence-corrected chi connectivity index (χ4v) is 1.37. The molecule has 1 aromatic rings. The normalized spacial score (nSPS) is 17.3. The van der Waals surface area contributed by atoms with Gasteiger partial charge in [-0.1, -0.05) is 24.3 Å². The van der Waals surface area contributed by atoms with Gasteiger partial charge in [0.1, 0.15) is 0 Å². The third-order valence-corrected chi connectivity index (χ3v) is 1.86. The number of fused-ring (bicyclic) bond motifs is 1. The van der Waals surface area contributed by atoms with Crippen LogP contribution in [0.15, 0.2) is 24.3 Å². The quantitative estimate of drug-likeness (QED) is 0.563. The van der Waals surface area contributed by atoms with Crippen molar-refractivity contribution in [2.24, 2.45) is 0 Å². The molecule has 1 atom stereocenters. The molecule has 0 spiro atoms. The van der Waals surface area contributed by atoms with Crippen LogP contribution in [-0.4, -0.2) is 11.2 Å². The third kappa shape index (κ3) is 0.830. The van der Waals surface area contributed by atoms with Gasteiger partial charge in [-0.3, -0.25) is 0 Å². The van der Waals surface area contributed by atoms with Crippen LogP contribution in [0, 0.1) is 6.42 Å². The van der Waals surface area contributed by atoms with E-state index in [4.69, 9.17) is 0 Å². The maximum atomic E-state index is 9.20. The number of hydrogen-bond donors (Lipinski definition) is 1. The van der Waals surface area contributed by atoms with Gasteiger partial charge in [-0.05, 0) is 17.5 Å². The Labute approximate surface area is 60.3 Å². The maximum Gasteiger partial charge on any atom is 0.0656 e. The van der Waals surface area contributed by atoms with Gasteiger partial charge in [0, 0.05) is 6.42 Å². The first kappa shape index (κ1) is 5.93. The minimum absolute atomic E-state index is 0.252. The summed E-state index contributed by atoms with van der Waals surface area (Å²) in [6.45, 7) is 0. The zero-order valence-electron chi connectivity index (χ0n) is 5.62. The monoisotopic (exact) mass is 133 g/mol. The zero-order chi connectivity index (χ0) is 6.97. The Kier molecular flexibility index (Phi) is 1.24.